The second kappa shape index (κ2) is 9.75. The van der Waals surface area contributed by atoms with Gasteiger partial charge in [0.2, 0.25) is 0 Å². The molecular weight excluding hydrogens is 384 g/mol. The van der Waals surface area contributed by atoms with Crippen molar-refractivity contribution in [2.75, 3.05) is 0 Å². The monoisotopic (exact) mass is 428 g/mol. The number of Topliss-reactive ketones (excluding diaryl/α,β-unsaturated/α-hetero) is 1. The third-order valence-electron chi connectivity index (χ3n) is 8.71. The maximum atomic E-state index is 12.1. The zero-order valence-electron chi connectivity index (χ0n) is 20.3. The second-order valence-corrected chi connectivity index (χ2v) is 11.3. The van der Waals surface area contributed by atoms with Gasteiger partial charge in [0.25, 0.3) is 0 Å². The predicted molar refractivity (Wildman–Crippen MR) is 128 cm³/mol. The van der Waals surface area contributed by atoms with Crippen LogP contribution in [0.1, 0.15) is 98.3 Å². The van der Waals surface area contributed by atoms with Crippen LogP contribution >= 0.6 is 0 Å². The zero-order valence-corrected chi connectivity index (χ0v) is 20.3. The lowest BCUT2D eigenvalue weighted by molar-refractivity contribution is -0.134. The number of rotatable bonds is 7. The predicted octanol–water partition coefficient (Wildman–Crippen LogP) is 6.30. The molecule has 2 N–H and O–H groups in total. The molecule has 0 aromatic heterocycles. The summed E-state index contributed by atoms with van der Waals surface area (Å²) in [6.07, 6.45) is 15.9. The lowest BCUT2D eigenvalue weighted by atomic mass is 9.60. The number of fused-ring (bicyclic) bond motifs is 1. The van der Waals surface area contributed by atoms with Crippen molar-refractivity contribution in [3.05, 3.63) is 35.5 Å². The Kier molecular flexibility index (Phi) is 7.69. The molecule has 0 saturated heterocycles. The fourth-order valence-corrected chi connectivity index (χ4v) is 6.74. The van der Waals surface area contributed by atoms with Crippen LogP contribution in [0.3, 0.4) is 0 Å². The number of ketones is 1. The van der Waals surface area contributed by atoms with E-state index in [0.717, 1.165) is 37.7 Å². The van der Waals surface area contributed by atoms with E-state index in [1.54, 1.807) is 19.4 Å². The third kappa shape index (κ3) is 5.42. The van der Waals surface area contributed by atoms with Crippen LogP contribution in [0.4, 0.5) is 0 Å². The van der Waals surface area contributed by atoms with Crippen LogP contribution in [0.25, 0.3) is 0 Å². The molecule has 0 radical (unpaired) electrons. The largest absolute Gasteiger partial charge is 0.388 e. The summed E-state index contributed by atoms with van der Waals surface area (Å²) in [6, 6.07) is 0. The van der Waals surface area contributed by atoms with Crippen LogP contribution in [0.2, 0.25) is 0 Å². The van der Waals surface area contributed by atoms with Gasteiger partial charge in [0, 0.05) is 6.42 Å². The Bertz CT molecular complexity index is 738. The average Bonchev–Trinajstić information content (AvgIpc) is 3.05. The van der Waals surface area contributed by atoms with E-state index in [2.05, 4.69) is 32.6 Å². The topological polar surface area (TPSA) is 57.5 Å². The maximum absolute atomic E-state index is 12.1. The number of aliphatic hydroxyl groups excluding tert-OH is 1. The van der Waals surface area contributed by atoms with Crippen LogP contribution in [0.15, 0.2) is 35.5 Å². The minimum atomic E-state index is -1.20. The molecule has 0 heterocycles. The van der Waals surface area contributed by atoms with Crippen LogP contribution < -0.4 is 0 Å². The molecule has 0 bridgehead atoms. The second-order valence-electron chi connectivity index (χ2n) is 11.3. The Morgan fingerprint density at radius 1 is 1.23 bits per heavy atom. The van der Waals surface area contributed by atoms with E-state index in [1.165, 1.54) is 37.7 Å². The van der Waals surface area contributed by atoms with Gasteiger partial charge < -0.3 is 10.2 Å². The molecule has 0 spiro atoms. The lowest BCUT2D eigenvalue weighted by Crippen LogP contribution is -2.36. The van der Waals surface area contributed by atoms with Crippen molar-refractivity contribution in [1.29, 1.82) is 0 Å². The molecule has 0 aromatic rings. The summed E-state index contributed by atoms with van der Waals surface area (Å²) in [5, 5.41) is 20.0. The Morgan fingerprint density at radius 3 is 2.68 bits per heavy atom. The highest BCUT2D eigenvalue weighted by molar-refractivity contribution is 5.86. The van der Waals surface area contributed by atoms with Crippen molar-refractivity contribution in [2.45, 2.75) is 110 Å². The average molecular weight is 429 g/mol. The first-order valence-corrected chi connectivity index (χ1v) is 12.6. The Labute approximate surface area is 189 Å². The van der Waals surface area contributed by atoms with E-state index in [1.807, 2.05) is 0 Å². The van der Waals surface area contributed by atoms with E-state index < -0.39 is 5.60 Å². The van der Waals surface area contributed by atoms with Gasteiger partial charge >= 0.3 is 0 Å². The number of carbonyl (C=O) groups is 1. The molecule has 0 aliphatic heterocycles. The highest BCUT2D eigenvalue weighted by atomic mass is 16.3. The molecule has 3 fully saturated rings. The quantitative estimate of drug-likeness (QED) is 0.500. The van der Waals surface area contributed by atoms with Crippen molar-refractivity contribution >= 4 is 5.78 Å². The fraction of sp³-hybridized carbons (Fsp3) is 0.750. The highest BCUT2D eigenvalue weighted by Gasteiger charge is 2.50. The minimum absolute atomic E-state index is 0.0412. The van der Waals surface area contributed by atoms with Gasteiger partial charge in [-0.05, 0) is 106 Å². The van der Waals surface area contributed by atoms with Gasteiger partial charge in [-0.1, -0.05) is 44.6 Å². The molecule has 3 nitrogen and oxygen atoms in total. The van der Waals surface area contributed by atoms with Gasteiger partial charge in [-0.2, -0.15) is 0 Å². The summed E-state index contributed by atoms with van der Waals surface area (Å²) in [5.41, 5.74) is 2.90. The summed E-state index contributed by atoms with van der Waals surface area (Å²) in [4.78, 5) is 12.1. The van der Waals surface area contributed by atoms with Crippen LogP contribution in [0, 0.1) is 23.2 Å². The molecule has 3 aliphatic carbocycles. The van der Waals surface area contributed by atoms with Crippen LogP contribution in [-0.2, 0) is 4.79 Å². The minimum Gasteiger partial charge on any atom is -0.388 e. The molecule has 3 heteroatoms. The van der Waals surface area contributed by atoms with E-state index in [4.69, 9.17) is 0 Å². The normalized spacial score (nSPS) is 35.4. The number of allylic oxidation sites excluding steroid dienone is 3. The first-order valence-electron chi connectivity index (χ1n) is 12.6. The van der Waals surface area contributed by atoms with Gasteiger partial charge in [-0.3, -0.25) is 4.79 Å². The SMILES string of the molecule is C=C1/C(=C\C=C2/CCCC3(C)[C@@H]([C@H](C)CCCC(=O)C(C)(C)O)CC[C@@H]23)CCCC1O. The molecule has 2 unspecified atom stereocenters. The van der Waals surface area contributed by atoms with Crippen molar-refractivity contribution < 1.29 is 15.0 Å². The zero-order chi connectivity index (χ0) is 22.8. The standard InChI is InChI=1S/C28H44O3/c1-19(9-6-13-26(30)27(3,4)31)23-16-17-24-22(11-8-18-28(23,24)5)15-14-21-10-7-12-25(29)20(21)2/h14-15,19,23-25,29,31H,2,6-13,16-18H2,1,3-5H3/b21-14-,22-15+/t19-,23-,24+,25?,28?/m1/s1. The highest BCUT2D eigenvalue weighted by Crippen LogP contribution is 2.59. The number of carbonyl (C=O) groups excluding carboxylic acids is 1. The number of aliphatic hydroxyl groups is 2. The van der Waals surface area contributed by atoms with Gasteiger partial charge in [-0.15, -0.1) is 0 Å². The summed E-state index contributed by atoms with van der Waals surface area (Å²) >= 11 is 0. The molecule has 3 rings (SSSR count). The number of hydrogen-bond donors (Lipinski definition) is 2. The van der Waals surface area contributed by atoms with Crippen LogP contribution in [0.5, 0.6) is 0 Å². The summed E-state index contributed by atoms with van der Waals surface area (Å²) in [5.74, 6) is 1.93. The van der Waals surface area contributed by atoms with Gasteiger partial charge in [0.05, 0.1) is 6.10 Å². The van der Waals surface area contributed by atoms with Crippen molar-refractivity contribution in [3.63, 3.8) is 0 Å². The maximum Gasteiger partial charge on any atom is 0.163 e. The van der Waals surface area contributed by atoms with Crippen molar-refractivity contribution in [1.82, 2.24) is 0 Å². The van der Waals surface area contributed by atoms with Gasteiger partial charge in [0.1, 0.15) is 5.60 Å². The Hall–Kier alpha value is -1.19. The molecule has 174 valence electrons. The third-order valence-corrected chi connectivity index (χ3v) is 8.71. The molecule has 3 aliphatic rings. The summed E-state index contributed by atoms with van der Waals surface area (Å²) in [7, 11) is 0. The van der Waals surface area contributed by atoms with Crippen molar-refractivity contribution in [2.24, 2.45) is 23.2 Å². The van der Waals surface area contributed by atoms with Crippen molar-refractivity contribution in [3.8, 4) is 0 Å². The molecule has 5 atom stereocenters. The van der Waals surface area contributed by atoms with Gasteiger partial charge in [0.15, 0.2) is 5.78 Å². The molecule has 0 aromatic carbocycles. The lowest BCUT2D eigenvalue weighted by Gasteiger charge is -2.44. The molecular formula is C28H44O3. The molecule has 31 heavy (non-hydrogen) atoms. The molecule has 0 amide bonds. The molecule has 3 saturated carbocycles. The van der Waals surface area contributed by atoms with E-state index >= 15 is 0 Å². The fourth-order valence-electron chi connectivity index (χ4n) is 6.74. The Balaban J connectivity index is 1.65. The van der Waals surface area contributed by atoms with E-state index in [-0.39, 0.29) is 11.9 Å². The van der Waals surface area contributed by atoms with E-state index in [9.17, 15) is 15.0 Å². The van der Waals surface area contributed by atoms with E-state index in [0.29, 0.717) is 29.6 Å². The first kappa shape index (κ1) is 24.5. The Morgan fingerprint density at radius 2 is 1.97 bits per heavy atom. The van der Waals surface area contributed by atoms with Gasteiger partial charge in [-0.25, -0.2) is 0 Å². The first-order chi connectivity index (χ1) is 14.5. The summed E-state index contributed by atoms with van der Waals surface area (Å²) in [6.45, 7) is 12.2. The smallest absolute Gasteiger partial charge is 0.163 e. The number of hydrogen-bond acceptors (Lipinski definition) is 3. The van der Waals surface area contributed by atoms with Crippen LogP contribution in [-0.4, -0.2) is 27.7 Å². The summed E-state index contributed by atoms with van der Waals surface area (Å²) < 4.78 is 0.